The zero-order valence-corrected chi connectivity index (χ0v) is 16.3. The molecule has 2 heterocycles. The first-order valence-electron chi connectivity index (χ1n) is 9.36. The number of aromatic nitrogens is 4. The lowest BCUT2D eigenvalue weighted by Crippen LogP contribution is -2.24. The van der Waals surface area contributed by atoms with Gasteiger partial charge in [-0.2, -0.15) is 9.97 Å². The fourth-order valence-corrected chi connectivity index (χ4v) is 2.87. The lowest BCUT2D eigenvalue weighted by Gasteiger charge is -2.16. The number of phenols is 1. The molecule has 0 aliphatic rings. The molecule has 1 aromatic carbocycles. The molecule has 0 bridgehead atoms. The first kappa shape index (κ1) is 19.7. The summed E-state index contributed by atoms with van der Waals surface area (Å²) >= 11 is 0. The van der Waals surface area contributed by atoms with Crippen LogP contribution in [0.25, 0.3) is 11.2 Å². The summed E-state index contributed by atoms with van der Waals surface area (Å²) in [5, 5.41) is 25.9. The number of anilines is 3. The zero-order valence-electron chi connectivity index (χ0n) is 16.3. The smallest absolute Gasteiger partial charge is 0.227 e. The fraction of sp³-hybridized carbons (Fsp3) is 0.421. The number of hydrogen-bond acceptors (Lipinski definition) is 8. The second kappa shape index (κ2) is 8.30. The Bertz CT molecular complexity index is 951. The molecular formula is C19H27N7O2. The van der Waals surface area contributed by atoms with E-state index >= 15 is 0 Å². The van der Waals surface area contributed by atoms with Crippen molar-refractivity contribution < 1.29 is 10.2 Å². The van der Waals surface area contributed by atoms with Gasteiger partial charge in [0.05, 0.1) is 19.0 Å². The molecule has 1 unspecified atom stereocenters. The third-order valence-corrected chi connectivity index (χ3v) is 4.57. The average Bonchev–Trinajstić information content (AvgIpc) is 3.11. The molecule has 9 heteroatoms. The highest BCUT2D eigenvalue weighted by Crippen LogP contribution is 2.26. The third kappa shape index (κ3) is 4.09. The van der Waals surface area contributed by atoms with Gasteiger partial charge in [0, 0.05) is 23.8 Å². The van der Waals surface area contributed by atoms with Gasteiger partial charge in [-0.05, 0) is 38.5 Å². The summed E-state index contributed by atoms with van der Waals surface area (Å²) in [6.07, 6.45) is 2.47. The van der Waals surface area contributed by atoms with Crippen molar-refractivity contribution in [3.63, 3.8) is 0 Å². The van der Waals surface area contributed by atoms with Gasteiger partial charge in [-0.3, -0.25) is 0 Å². The number of aromatic hydroxyl groups is 1. The summed E-state index contributed by atoms with van der Waals surface area (Å²) in [6, 6.07) is 4.96. The number of nitrogen functional groups attached to an aromatic ring is 1. The van der Waals surface area contributed by atoms with E-state index in [0.717, 1.165) is 6.42 Å². The van der Waals surface area contributed by atoms with Crippen molar-refractivity contribution in [1.82, 2.24) is 19.5 Å². The highest BCUT2D eigenvalue weighted by Gasteiger charge is 2.16. The van der Waals surface area contributed by atoms with Crippen LogP contribution in [0.4, 0.5) is 17.5 Å². The molecule has 0 fully saturated rings. The largest absolute Gasteiger partial charge is 0.508 e. The minimum absolute atomic E-state index is 0.0126. The molecule has 0 saturated heterocycles. The summed E-state index contributed by atoms with van der Waals surface area (Å²) in [7, 11) is 0. The van der Waals surface area contributed by atoms with E-state index in [0.29, 0.717) is 40.7 Å². The van der Waals surface area contributed by atoms with E-state index in [-0.39, 0.29) is 24.4 Å². The van der Waals surface area contributed by atoms with Crippen molar-refractivity contribution in [3.05, 3.63) is 30.1 Å². The normalized spacial score (nSPS) is 12.5. The van der Waals surface area contributed by atoms with Gasteiger partial charge in [0.2, 0.25) is 5.95 Å². The maximum Gasteiger partial charge on any atom is 0.227 e. The number of nitrogens with zero attached hydrogens (tertiary/aromatic N) is 4. The van der Waals surface area contributed by atoms with E-state index in [4.69, 9.17) is 5.73 Å². The number of nitrogens with one attached hydrogen (secondary N) is 2. The fourth-order valence-electron chi connectivity index (χ4n) is 2.87. The minimum Gasteiger partial charge on any atom is -0.508 e. The van der Waals surface area contributed by atoms with Gasteiger partial charge in [0.15, 0.2) is 17.0 Å². The average molecular weight is 385 g/mol. The van der Waals surface area contributed by atoms with E-state index in [9.17, 15) is 10.2 Å². The number of hydrogen-bond donors (Lipinski definition) is 5. The molecule has 1 atom stereocenters. The Morgan fingerprint density at radius 1 is 1.25 bits per heavy atom. The molecule has 6 N–H and O–H groups in total. The predicted octanol–water partition coefficient (Wildman–Crippen LogP) is 2.49. The SMILES string of the molecule is CCC(CO)Nc1nc(NCc2cc(N)ccc2O)c2ncn(C(C)C)c2n1. The summed E-state index contributed by atoms with van der Waals surface area (Å²) in [4.78, 5) is 13.6. The molecule has 0 radical (unpaired) electrons. The molecule has 3 aromatic rings. The Labute approximate surface area is 163 Å². The molecular weight excluding hydrogens is 358 g/mol. The van der Waals surface area contributed by atoms with Crippen LogP contribution in [0.1, 0.15) is 38.8 Å². The second-order valence-corrected chi connectivity index (χ2v) is 6.99. The number of imidazole rings is 1. The molecule has 0 aliphatic heterocycles. The molecule has 0 spiro atoms. The Kier molecular flexibility index (Phi) is 5.84. The summed E-state index contributed by atoms with van der Waals surface area (Å²) in [5.41, 5.74) is 8.38. The molecule has 0 aliphatic carbocycles. The van der Waals surface area contributed by atoms with E-state index in [1.54, 1.807) is 24.5 Å². The summed E-state index contributed by atoms with van der Waals surface area (Å²) in [6.45, 7) is 6.40. The van der Waals surface area contributed by atoms with Gasteiger partial charge in [-0.1, -0.05) is 6.92 Å². The van der Waals surface area contributed by atoms with Crippen LogP contribution in [0.15, 0.2) is 24.5 Å². The lowest BCUT2D eigenvalue weighted by molar-refractivity contribution is 0.271. The molecule has 2 aromatic heterocycles. The number of fused-ring (bicyclic) bond motifs is 1. The van der Waals surface area contributed by atoms with E-state index < -0.39 is 0 Å². The van der Waals surface area contributed by atoms with Crippen LogP contribution >= 0.6 is 0 Å². The molecule has 9 nitrogen and oxygen atoms in total. The number of aliphatic hydroxyl groups excluding tert-OH is 1. The second-order valence-electron chi connectivity index (χ2n) is 6.99. The number of rotatable bonds is 8. The van der Waals surface area contributed by atoms with Crippen molar-refractivity contribution in [2.24, 2.45) is 0 Å². The van der Waals surface area contributed by atoms with Gasteiger partial charge >= 0.3 is 0 Å². The lowest BCUT2D eigenvalue weighted by atomic mass is 10.2. The van der Waals surface area contributed by atoms with Crippen molar-refractivity contribution in [2.45, 2.75) is 45.8 Å². The van der Waals surface area contributed by atoms with Crippen LogP contribution in [0.3, 0.4) is 0 Å². The third-order valence-electron chi connectivity index (χ3n) is 4.57. The number of benzene rings is 1. The standard InChI is InChI=1S/C19H27N7O2/c1-4-14(9-27)23-19-24-17(16-18(25-19)26(10-22-16)11(2)3)21-8-12-7-13(20)5-6-15(12)28/h5-7,10-11,14,27-28H,4,8-9,20H2,1-3H3,(H2,21,23,24,25). The van der Waals surface area contributed by atoms with E-state index in [1.165, 1.54) is 0 Å². The zero-order chi connectivity index (χ0) is 20.3. The van der Waals surface area contributed by atoms with Crippen LogP contribution in [-0.2, 0) is 6.54 Å². The Morgan fingerprint density at radius 2 is 2.04 bits per heavy atom. The molecule has 0 amide bonds. The van der Waals surface area contributed by atoms with Crippen LogP contribution in [0, 0.1) is 0 Å². The van der Waals surface area contributed by atoms with Gasteiger partial charge < -0.3 is 31.1 Å². The number of nitrogens with two attached hydrogens (primary N) is 1. The number of phenolic OH excluding ortho intramolecular Hbond substituents is 1. The maximum absolute atomic E-state index is 10.1. The van der Waals surface area contributed by atoms with Crippen LogP contribution in [0.5, 0.6) is 5.75 Å². The monoisotopic (exact) mass is 385 g/mol. The Morgan fingerprint density at radius 3 is 2.71 bits per heavy atom. The minimum atomic E-state index is -0.140. The van der Waals surface area contributed by atoms with Crippen LogP contribution < -0.4 is 16.4 Å². The summed E-state index contributed by atoms with van der Waals surface area (Å²) in [5.74, 6) is 1.11. The Hall–Kier alpha value is -3.07. The quantitative estimate of drug-likeness (QED) is 0.295. The molecule has 150 valence electrons. The predicted molar refractivity (Wildman–Crippen MR) is 110 cm³/mol. The van der Waals surface area contributed by atoms with Gasteiger partial charge in [0.25, 0.3) is 0 Å². The van der Waals surface area contributed by atoms with Crippen molar-refractivity contribution in [1.29, 1.82) is 0 Å². The van der Waals surface area contributed by atoms with Crippen molar-refractivity contribution in [2.75, 3.05) is 23.0 Å². The van der Waals surface area contributed by atoms with E-state index in [1.807, 2.05) is 11.5 Å². The number of aliphatic hydroxyl groups is 1. The summed E-state index contributed by atoms with van der Waals surface area (Å²) < 4.78 is 1.96. The topological polar surface area (TPSA) is 134 Å². The highest BCUT2D eigenvalue weighted by molar-refractivity contribution is 5.84. The van der Waals surface area contributed by atoms with Crippen molar-refractivity contribution >= 4 is 28.6 Å². The van der Waals surface area contributed by atoms with Crippen molar-refractivity contribution in [3.8, 4) is 5.75 Å². The van der Waals surface area contributed by atoms with Crippen LogP contribution in [0.2, 0.25) is 0 Å². The highest BCUT2D eigenvalue weighted by atomic mass is 16.3. The maximum atomic E-state index is 10.1. The van der Waals surface area contributed by atoms with E-state index in [2.05, 4.69) is 39.4 Å². The van der Waals surface area contributed by atoms with Gasteiger partial charge in [-0.15, -0.1) is 0 Å². The first-order valence-corrected chi connectivity index (χ1v) is 9.36. The molecule has 0 saturated carbocycles. The Balaban J connectivity index is 1.98. The first-order chi connectivity index (χ1) is 13.4. The van der Waals surface area contributed by atoms with Gasteiger partial charge in [-0.25, -0.2) is 4.98 Å². The molecule has 28 heavy (non-hydrogen) atoms. The molecule has 3 rings (SSSR count). The van der Waals surface area contributed by atoms with Gasteiger partial charge in [0.1, 0.15) is 5.75 Å². The van der Waals surface area contributed by atoms with Crippen LogP contribution in [-0.4, -0.2) is 42.4 Å².